The number of likely N-dealkylation sites (N-methyl/N-ethyl adjacent to an activating group) is 1. The third-order valence-corrected chi connectivity index (χ3v) is 4.69. The molecule has 5 nitrogen and oxygen atoms in total. The number of halogens is 3. The molecule has 0 saturated carbocycles. The summed E-state index contributed by atoms with van der Waals surface area (Å²) in [4.78, 5) is 2.25. The highest BCUT2D eigenvalue weighted by Crippen LogP contribution is 2.33. The van der Waals surface area contributed by atoms with Crippen LogP contribution in [-0.4, -0.2) is 41.3 Å². The summed E-state index contributed by atoms with van der Waals surface area (Å²) in [6.07, 6.45) is -2.34. The number of anilines is 1. The Hall–Kier alpha value is -2.66. The van der Waals surface area contributed by atoms with Crippen molar-refractivity contribution in [3.63, 3.8) is 0 Å². The van der Waals surface area contributed by atoms with Gasteiger partial charge in [0.1, 0.15) is 0 Å². The zero-order valence-corrected chi connectivity index (χ0v) is 15.1. The van der Waals surface area contributed by atoms with Crippen LogP contribution in [0.25, 0.3) is 11.3 Å². The van der Waals surface area contributed by atoms with Crippen LogP contribution in [0.15, 0.2) is 24.3 Å². The topological polar surface area (TPSA) is 64.8 Å². The molecule has 3 rings (SSSR count). The first-order chi connectivity index (χ1) is 12.8. The van der Waals surface area contributed by atoms with E-state index in [1.807, 2.05) is 13.0 Å². The van der Waals surface area contributed by atoms with Crippen LogP contribution in [0.4, 0.5) is 19.0 Å². The number of rotatable bonds is 3. The molecule has 1 aromatic heterocycles. The van der Waals surface area contributed by atoms with E-state index in [1.54, 1.807) is 6.07 Å². The van der Waals surface area contributed by atoms with E-state index in [4.69, 9.17) is 0 Å². The van der Waals surface area contributed by atoms with E-state index in [-0.39, 0.29) is 11.6 Å². The highest BCUT2D eigenvalue weighted by atomic mass is 19.4. The molecule has 0 amide bonds. The van der Waals surface area contributed by atoms with E-state index in [0.717, 1.165) is 43.6 Å². The van der Waals surface area contributed by atoms with Crippen molar-refractivity contribution in [3.05, 3.63) is 41.0 Å². The molecule has 142 valence electrons. The Morgan fingerprint density at radius 2 is 2.04 bits per heavy atom. The number of aromatic nitrogens is 2. The molecule has 1 fully saturated rings. The van der Waals surface area contributed by atoms with Gasteiger partial charge in [0.05, 0.1) is 22.9 Å². The predicted octanol–water partition coefficient (Wildman–Crippen LogP) is 3.85. The summed E-state index contributed by atoms with van der Waals surface area (Å²) in [6.45, 7) is 3.86. The number of hydrogen-bond acceptors (Lipinski definition) is 5. The number of aryl methyl sites for hydroxylation is 1. The van der Waals surface area contributed by atoms with Crippen molar-refractivity contribution in [2.24, 2.45) is 0 Å². The summed E-state index contributed by atoms with van der Waals surface area (Å²) in [6, 6.07) is 6.92. The number of nitriles is 1. The summed E-state index contributed by atoms with van der Waals surface area (Å²) in [5, 5.41) is 21.0. The molecule has 1 saturated heterocycles. The Morgan fingerprint density at radius 3 is 2.67 bits per heavy atom. The first-order valence-electron chi connectivity index (χ1n) is 8.69. The SMILES string of the molecule is Cc1cc(-c2ccc(C(F)(F)F)cc2C#N)nnc1N[C@@H]1CCCN(C)C1. The van der Waals surface area contributed by atoms with Gasteiger partial charge in [-0.3, -0.25) is 0 Å². The van der Waals surface area contributed by atoms with Gasteiger partial charge in [0.25, 0.3) is 0 Å². The van der Waals surface area contributed by atoms with E-state index in [9.17, 15) is 18.4 Å². The number of hydrogen-bond donors (Lipinski definition) is 1. The van der Waals surface area contributed by atoms with Crippen molar-refractivity contribution in [1.29, 1.82) is 5.26 Å². The number of alkyl halides is 3. The van der Waals surface area contributed by atoms with Crippen LogP contribution in [0, 0.1) is 18.3 Å². The van der Waals surface area contributed by atoms with Crippen LogP contribution >= 0.6 is 0 Å². The Morgan fingerprint density at radius 1 is 1.26 bits per heavy atom. The van der Waals surface area contributed by atoms with Gasteiger partial charge < -0.3 is 10.2 Å². The maximum Gasteiger partial charge on any atom is 0.416 e. The smallest absolute Gasteiger partial charge is 0.364 e. The Kier molecular flexibility index (Phi) is 5.33. The van der Waals surface area contributed by atoms with Crippen LogP contribution in [0.5, 0.6) is 0 Å². The van der Waals surface area contributed by atoms with Gasteiger partial charge in [0.15, 0.2) is 5.82 Å². The molecule has 0 bridgehead atoms. The Balaban J connectivity index is 1.86. The average molecular weight is 375 g/mol. The van der Waals surface area contributed by atoms with E-state index < -0.39 is 11.7 Å². The minimum absolute atomic E-state index is 0.0758. The molecule has 0 spiro atoms. The molecule has 27 heavy (non-hydrogen) atoms. The van der Waals surface area contributed by atoms with Crippen LogP contribution in [-0.2, 0) is 6.18 Å². The maximum atomic E-state index is 12.9. The minimum atomic E-state index is -4.49. The second-order valence-corrected chi connectivity index (χ2v) is 6.88. The highest BCUT2D eigenvalue weighted by molar-refractivity contribution is 5.69. The lowest BCUT2D eigenvalue weighted by molar-refractivity contribution is -0.137. The fourth-order valence-corrected chi connectivity index (χ4v) is 3.27. The molecule has 0 unspecified atom stereocenters. The molecule has 2 heterocycles. The molecule has 1 aliphatic rings. The zero-order chi connectivity index (χ0) is 19.6. The summed E-state index contributed by atoms with van der Waals surface area (Å²) >= 11 is 0. The molecule has 2 aromatic rings. The summed E-state index contributed by atoms with van der Waals surface area (Å²) in [7, 11) is 2.07. The molecule has 1 N–H and O–H groups in total. The van der Waals surface area contributed by atoms with Gasteiger partial charge in [-0.2, -0.15) is 18.4 Å². The lowest BCUT2D eigenvalue weighted by Gasteiger charge is -2.30. The molecule has 1 atom stereocenters. The number of nitrogens with zero attached hydrogens (tertiary/aromatic N) is 4. The van der Waals surface area contributed by atoms with E-state index in [2.05, 4.69) is 27.5 Å². The van der Waals surface area contributed by atoms with Crippen LogP contribution in [0.2, 0.25) is 0 Å². The number of benzene rings is 1. The largest absolute Gasteiger partial charge is 0.416 e. The van der Waals surface area contributed by atoms with Crippen molar-refractivity contribution >= 4 is 5.82 Å². The third-order valence-electron chi connectivity index (χ3n) is 4.69. The summed E-state index contributed by atoms with van der Waals surface area (Å²) in [5.41, 5.74) is 0.617. The monoisotopic (exact) mass is 375 g/mol. The fourth-order valence-electron chi connectivity index (χ4n) is 3.27. The van der Waals surface area contributed by atoms with Crippen LogP contribution < -0.4 is 5.32 Å². The predicted molar refractivity (Wildman–Crippen MR) is 96.1 cm³/mol. The molecule has 8 heteroatoms. The van der Waals surface area contributed by atoms with Gasteiger partial charge in [-0.1, -0.05) is 6.07 Å². The standard InChI is InChI=1S/C19H20F3N5/c1-12-8-17(16-6-5-14(19(20,21)22)9-13(16)10-23)25-26-18(12)24-15-4-3-7-27(2)11-15/h5-6,8-9,15H,3-4,7,11H2,1-2H3,(H,24,26)/t15-/m1/s1. The van der Waals surface area contributed by atoms with E-state index in [1.165, 1.54) is 6.07 Å². The molecule has 0 radical (unpaired) electrons. The number of piperidine rings is 1. The van der Waals surface area contributed by atoms with Gasteiger partial charge in [-0.15, -0.1) is 10.2 Å². The number of nitrogens with one attached hydrogen (secondary N) is 1. The molecular weight excluding hydrogens is 355 g/mol. The fraction of sp³-hybridized carbons (Fsp3) is 0.421. The number of likely N-dealkylation sites (tertiary alicyclic amines) is 1. The second kappa shape index (κ2) is 7.53. The lowest BCUT2D eigenvalue weighted by atomic mass is 10.0. The summed E-state index contributed by atoms with van der Waals surface area (Å²) < 4.78 is 38.6. The quantitative estimate of drug-likeness (QED) is 0.883. The minimum Gasteiger partial charge on any atom is -0.364 e. The molecule has 0 aliphatic carbocycles. The van der Waals surface area contributed by atoms with Crippen LogP contribution in [0.3, 0.4) is 0 Å². The van der Waals surface area contributed by atoms with Gasteiger partial charge in [-0.25, -0.2) is 0 Å². The lowest BCUT2D eigenvalue weighted by Crippen LogP contribution is -2.40. The zero-order valence-electron chi connectivity index (χ0n) is 15.1. The van der Waals surface area contributed by atoms with Gasteiger partial charge in [0, 0.05) is 18.2 Å². The van der Waals surface area contributed by atoms with Crippen molar-refractivity contribution in [1.82, 2.24) is 15.1 Å². The second-order valence-electron chi connectivity index (χ2n) is 6.88. The molecule has 1 aliphatic heterocycles. The van der Waals surface area contributed by atoms with Gasteiger partial charge >= 0.3 is 6.18 Å². The van der Waals surface area contributed by atoms with Crippen molar-refractivity contribution in [3.8, 4) is 17.3 Å². The first-order valence-corrected chi connectivity index (χ1v) is 8.69. The Labute approximate surface area is 155 Å². The first kappa shape index (κ1) is 19.1. The van der Waals surface area contributed by atoms with Crippen molar-refractivity contribution in [2.75, 3.05) is 25.5 Å². The molecule has 1 aromatic carbocycles. The Bertz CT molecular complexity index is 873. The maximum absolute atomic E-state index is 12.9. The highest BCUT2D eigenvalue weighted by Gasteiger charge is 2.31. The van der Waals surface area contributed by atoms with E-state index >= 15 is 0 Å². The van der Waals surface area contributed by atoms with Crippen molar-refractivity contribution in [2.45, 2.75) is 32.0 Å². The van der Waals surface area contributed by atoms with Gasteiger partial charge in [-0.05, 0) is 57.1 Å². The van der Waals surface area contributed by atoms with E-state index in [0.29, 0.717) is 17.1 Å². The average Bonchev–Trinajstić information content (AvgIpc) is 2.62. The normalized spacial score (nSPS) is 18.1. The molecular formula is C19H20F3N5. The van der Waals surface area contributed by atoms with Gasteiger partial charge in [0.2, 0.25) is 0 Å². The third kappa shape index (κ3) is 4.37. The van der Waals surface area contributed by atoms with Crippen LogP contribution in [0.1, 0.15) is 29.5 Å². The summed E-state index contributed by atoms with van der Waals surface area (Å²) in [5.74, 6) is 0.657. The van der Waals surface area contributed by atoms with Crippen molar-refractivity contribution < 1.29 is 13.2 Å².